The summed E-state index contributed by atoms with van der Waals surface area (Å²) in [4.78, 5) is 14.5. The van der Waals surface area contributed by atoms with E-state index in [1.807, 2.05) is 43.0 Å². The van der Waals surface area contributed by atoms with Gasteiger partial charge in [0, 0.05) is 18.6 Å². The zero-order chi connectivity index (χ0) is 15.2. The van der Waals surface area contributed by atoms with Gasteiger partial charge in [0.1, 0.15) is 5.75 Å². The maximum Gasteiger partial charge on any atom is 0.227 e. The lowest BCUT2D eigenvalue weighted by atomic mass is 9.96. The van der Waals surface area contributed by atoms with Crippen molar-refractivity contribution in [2.24, 2.45) is 5.73 Å². The summed E-state index contributed by atoms with van der Waals surface area (Å²) in [6.45, 7) is 5.44. The van der Waals surface area contributed by atoms with Crippen molar-refractivity contribution in [1.29, 1.82) is 0 Å². The molecule has 1 amide bonds. The first-order valence-corrected chi connectivity index (χ1v) is 7.88. The van der Waals surface area contributed by atoms with Crippen LogP contribution in [0.4, 0.5) is 0 Å². The summed E-state index contributed by atoms with van der Waals surface area (Å²) in [7, 11) is 0. The molecule has 4 nitrogen and oxygen atoms in total. The van der Waals surface area contributed by atoms with Gasteiger partial charge in [0.2, 0.25) is 5.91 Å². The summed E-state index contributed by atoms with van der Waals surface area (Å²) >= 11 is 0. The minimum Gasteiger partial charge on any atom is -0.494 e. The van der Waals surface area contributed by atoms with E-state index in [9.17, 15) is 4.79 Å². The molecule has 1 fully saturated rings. The van der Waals surface area contributed by atoms with Crippen molar-refractivity contribution in [2.45, 2.75) is 51.6 Å². The number of benzene rings is 1. The first kappa shape index (κ1) is 18.8. The first-order chi connectivity index (χ1) is 10.1. The molecule has 0 aromatic heterocycles. The standard InChI is InChI=1S/C17H26N2O2.ClH/c1-3-21-15-9-7-14(8-10-15)12-17(20)19-11-5-4-6-16(19)13(2)18;/h7-10,13,16H,3-6,11-12,18H2,1-2H3;1H. The Hall–Kier alpha value is -1.26. The predicted octanol–water partition coefficient (Wildman–Crippen LogP) is 2.78. The van der Waals surface area contributed by atoms with Crippen LogP contribution in [0, 0.1) is 0 Å². The van der Waals surface area contributed by atoms with Gasteiger partial charge in [-0.2, -0.15) is 0 Å². The highest BCUT2D eigenvalue weighted by molar-refractivity contribution is 5.85. The molecule has 1 aliphatic heterocycles. The van der Waals surface area contributed by atoms with Gasteiger partial charge in [0.15, 0.2) is 0 Å². The molecule has 0 aliphatic carbocycles. The fraction of sp³-hybridized carbons (Fsp3) is 0.588. The number of likely N-dealkylation sites (tertiary alicyclic amines) is 1. The van der Waals surface area contributed by atoms with Crippen LogP contribution >= 0.6 is 12.4 Å². The number of carbonyl (C=O) groups is 1. The molecule has 0 spiro atoms. The van der Waals surface area contributed by atoms with Gasteiger partial charge in [0.25, 0.3) is 0 Å². The molecule has 22 heavy (non-hydrogen) atoms. The van der Waals surface area contributed by atoms with Crippen molar-refractivity contribution in [2.75, 3.05) is 13.2 Å². The van der Waals surface area contributed by atoms with Gasteiger partial charge in [-0.15, -0.1) is 12.4 Å². The maximum atomic E-state index is 12.5. The summed E-state index contributed by atoms with van der Waals surface area (Å²) in [6.07, 6.45) is 3.71. The van der Waals surface area contributed by atoms with Crippen LogP contribution in [-0.4, -0.2) is 36.0 Å². The molecule has 0 bridgehead atoms. The molecule has 1 heterocycles. The second-order valence-electron chi connectivity index (χ2n) is 5.76. The number of rotatable bonds is 5. The average Bonchev–Trinajstić information content (AvgIpc) is 2.49. The second-order valence-corrected chi connectivity index (χ2v) is 5.76. The van der Waals surface area contributed by atoms with E-state index < -0.39 is 0 Å². The van der Waals surface area contributed by atoms with Gasteiger partial charge >= 0.3 is 0 Å². The van der Waals surface area contributed by atoms with Crippen LogP contribution in [0.2, 0.25) is 0 Å². The molecule has 1 aromatic carbocycles. The molecule has 1 aromatic rings. The largest absolute Gasteiger partial charge is 0.494 e. The summed E-state index contributed by atoms with van der Waals surface area (Å²) in [5.74, 6) is 1.03. The predicted molar refractivity (Wildman–Crippen MR) is 91.6 cm³/mol. The van der Waals surface area contributed by atoms with Crippen molar-refractivity contribution in [3.63, 3.8) is 0 Å². The number of amides is 1. The maximum absolute atomic E-state index is 12.5. The second kappa shape index (κ2) is 9.01. The summed E-state index contributed by atoms with van der Waals surface area (Å²) in [5.41, 5.74) is 7.06. The molecule has 0 radical (unpaired) electrons. The highest BCUT2D eigenvalue weighted by atomic mass is 35.5. The topological polar surface area (TPSA) is 55.6 Å². The van der Waals surface area contributed by atoms with Crippen LogP contribution in [0.1, 0.15) is 38.7 Å². The molecule has 1 saturated heterocycles. The number of hydrogen-bond acceptors (Lipinski definition) is 3. The number of halogens is 1. The Morgan fingerprint density at radius 3 is 2.64 bits per heavy atom. The molecule has 2 unspecified atom stereocenters. The van der Waals surface area contributed by atoms with E-state index in [0.29, 0.717) is 13.0 Å². The number of nitrogens with two attached hydrogens (primary N) is 1. The van der Waals surface area contributed by atoms with Gasteiger partial charge in [-0.3, -0.25) is 4.79 Å². The van der Waals surface area contributed by atoms with Gasteiger partial charge in [-0.25, -0.2) is 0 Å². The lowest BCUT2D eigenvalue weighted by Gasteiger charge is -2.38. The van der Waals surface area contributed by atoms with Crippen LogP contribution in [0.15, 0.2) is 24.3 Å². The van der Waals surface area contributed by atoms with Crippen LogP contribution in [0.5, 0.6) is 5.75 Å². The Balaban J connectivity index is 0.00000242. The van der Waals surface area contributed by atoms with E-state index in [-0.39, 0.29) is 30.4 Å². The smallest absolute Gasteiger partial charge is 0.227 e. The number of nitrogens with zero attached hydrogens (tertiary/aromatic N) is 1. The molecule has 2 N–H and O–H groups in total. The minimum absolute atomic E-state index is 0. The summed E-state index contributed by atoms with van der Waals surface area (Å²) < 4.78 is 5.42. The monoisotopic (exact) mass is 326 g/mol. The Labute approximate surface area is 139 Å². The molecule has 2 atom stereocenters. The molecule has 5 heteroatoms. The lowest BCUT2D eigenvalue weighted by molar-refractivity contribution is -0.134. The SMILES string of the molecule is CCOc1ccc(CC(=O)N2CCCCC2C(C)N)cc1.Cl. The van der Waals surface area contributed by atoms with Crippen molar-refractivity contribution in [3.8, 4) is 5.75 Å². The highest BCUT2D eigenvalue weighted by Crippen LogP contribution is 2.21. The summed E-state index contributed by atoms with van der Waals surface area (Å²) in [6, 6.07) is 8.00. The number of piperidine rings is 1. The lowest BCUT2D eigenvalue weighted by Crippen LogP contribution is -2.52. The van der Waals surface area contributed by atoms with E-state index in [1.54, 1.807) is 0 Å². The van der Waals surface area contributed by atoms with Crippen molar-refractivity contribution < 1.29 is 9.53 Å². The Bertz CT molecular complexity index is 462. The zero-order valence-electron chi connectivity index (χ0n) is 13.5. The van der Waals surface area contributed by atoms with E-state index >= 15 is 0 Å². The van der Waals surface area contributed by atoms with Gasteiger partial charge in [-0.1, -0.05) is 12.1 Å². The van der Waals surface area contributed by atoms with Crippen LogP contribution in [0.25, 0.3) is 0 Å². The molecular weight excluding hydrogens is 300 g/mol. The molecule has 1 aliphatic rings. The average molecular weight is 327 g/mol. The number of carbonyl (C=O) groups excluding carboxylic acids is 1. The van der Waals surface area contributed by atoms with Gasteiger partial charge in [0.05, 0.1) is 13.0 Å². The van der Waals surface area contributed by atoms with Gasteiger partial charge in [-0.05, 0) is 50.8 Å². The van der Waals surface area contributed by atoms with Gasteiger partial charge < -0.3 is 15.4 Å². The quantitative estimate of drug-likeness (QED) is 0.905. The number of hydrogen-bond donors (Lipinski definition) is 1. The molecule has 2 rings (SSSR count). The Morgan fingerprint density at radius 2 is 2.05 bits per heavy atom. The third-order valence-corrected chi connectivity index (χ3v) is 4.07. The fourth-order valence-corrected chi connectivity index (χ4v) is 2.96. The van der Waals surface area contributed by atoms with E-state index in [2.05, 4.69) is 0 Å². The van der Waals surface area contributed by atoms with Crippen LogP contribution in [-0.2, 0) is 11.2 Å². The van der Waals surface area contributed by atoms with Crippen molar-refractivity contribution in [1.82, 2.24) is 4.90 Å². The number of ether oxygens (including phenoxy) is 1. The van der Waals surface area contributed by atoms with E-state index in [1.165, 1.54) is 6.42 Å². The Morgan fingerprint density at radius 1 is 1.36 bits per heavy atom. The zero-order valence-corrected chi connectivity index (χ0v) is 14.3. The summed E-state index contributed by atoms with van der Waals surface area (Å²) in [5, 5.41) is 0. The van der Waals surface area contributed by atoms with Crippen LogP contribution < -0.4 is 10.5 Å². The fourth-order valence-electron chi connectivity index (χ4n) is 2.96. The third-order valence-electron chi connectivity index (χ3n) is 4.07. The first-order valence-electron chi connectivity index (χ1n) is 7.88. The third kappa shape index (κ3) is 4.89. The Kier molecular flexibility index (Phi) is 7.69. The molecule has 0 saturated carbocycles. The minimum atomic E-state index is 0. The van der Waals surface area contributed by atoms with E-state index in [4.69, 9.17) is 10.5 Å². The normalized spacial score (nSPS) is 19.2. The van der Waals surface area contributed by atoms with Crippen LogP contribution in [0.3, 0.4) is 0 Å². The van der Waals surface area contributed by atoms with Crippen molar-refractivity contribution in [3.05, 3.63) is 29.8 Å². The highest BCUT2D eigenvalue weighted by Gasteiger charge is 2.28. The molecular formula is C17H27ClN2O2. The van der Waals surface area contributed by atoms with E-state index in [0.717, 1.165) is 30.7 Å². The molecule has 124 valence electrons. The van der Waals surface area contributed by atoms with Crippen molar-refractivity contribution >= 4 is 18.3 Å².